The van der Waals surface area contributed by atoms with Gasteiger partial charge in [-0.2, -0.15) is 4.31 Å². The summed E-state index contributed by atoms with van der Waals surface area (Å²) in [5.41, 5.74) is 5.88. The van der Waals surface area contributed by atoms with Gasteiger partial charge in [0, 0.05) is 6.54 Å². The number of amides is 3. The van der Waals surface area contributed by atoms with E-state index in [9.17, 15) is 22.8 Å². The second-order valence-electron chi connectivity index (χ2n) is 7.40. The van der Waals surface area contributed by atoms with Crippen LogP contribution in [0.15, 0.2) is 29.2 Å². The Bertz CT molecular complexity index is 866. The highest BCUT2D eigenvalue weighted by Gasteiger charge is 2.40. The van der Waals surface area contributed by atoms with Gasteiger partial charge in [-0.15, -0.1) is 0 Å². The zero-order valence-electron chi connectivity index (χ0n) is 16.8. The molecule has 1 saturated heterocycles. The van der Waals surface area contributed by atoms with Crippen LogP contribution >= 0.6 is 0 Å². The van der Waals surface area contributed by atoms with E-state index in [4.69, 9.17) is 10.5 Å². The maximum absolute atomic E-state index is 13.1. The third-order valence-corrected chi connectivity index (χ3v) is 6.63. The van der Waals surface area contributed by atoms with E-state index in [-0.39, 0.29) is 17.9 Å². The summed E-state index contributed by atoms with van der Waals surface area (Å²) in [7, 11) is -3.91. The van der Waals surface area contributed by atoms with Crippen molar-refractivity contribution in [3.8, 4) is 0 Å². The first-order chi connectivity index (χ1) is 13.5. The quantitative estimate of drug-likeness (QED) is 0.660. The lowest BCUT2D eigenvalue weighted by atomic mass is 10.0. The Hall–Kier alpha value is -2.46. The van der Waals surface area contributed by atoms with Crippen LogP contribution in [0.4, 0.5) is 4.79 Å². The Kier molecular flexibility index (Phi) is 7.37. The van der Waals surface area contributed by atoms with Crippen molar-refractivity contribution in [2.24, 2.45) is 11.7 Å². The molecule has 2 rings (SSSR count). The van der Waals surface area contributed by atoms with Crippen molar-refractivity contribution >= 4 is 27.9 Å². The van der Waals surface area contributed by atoms with E-state index in [0.717, 1.165) is 9.87 Å². The summed E-state index contributed by atoms with van der Waals surface area (Å²) in [6.45, 7) is 5.30. The molecule has 1 aromatic rings. The Morgan fingerprint density at radius 2 is 1.79 bits per heavy atom. The number of piperidine rings is 1. The number of carbonyl (C=O) groups excluding carboxylic acids is 3. The predicted molar refractivity (Wildman–Crippen MR) is 105 cm³/mol. The summed E-state index contributed by atoms with van der Waals surface area (Å²) < 4.78 is 32.6. The first-order valence-electron chi connectivity index (χ1n) is 9.43. The molecule has 0 spiro atoms. The van der Waals surface area contributed by atoms with Crippen LogP contribution < -0.4 is 11.1 Å². The average molecular weight is 426 g/mol. The number of sulfonamides is 1. The number of ether oxygens (including phenoxy) is 1. The van der Waals surface area contributed by atoms with Crippen LogP contribution in [0.25, 0.3) is 0 Å². The maximum Gasteiger partial charge on any atom is 0.325 e. The van der Waals surface area contributed by atoms with Crippen molar-refractivity contribution < 1.29 is 27.5 Å². The zero-order valence-corrected chi connectivity index (χ0v) is 17.6. The number of imide groups is 1. The Balaban J connectivity index is 2.25. The summed E-state index contributed by atoms with van der Waals surface area (Å²) in [5.74, 6) is -2.10. The number of carbonyl (C=O) groups is 3. The number of aryl methyl sites for hydroxylation is 1. The SMILES string of the molecule is Cc1ccc(S(=O)(=O)N2CCCC[C@@H]2C(=O)O[C@H](C(=O)NC(N)=O)C(C)C)cc1. The van der Waals surface area contributed by atoms with E-state index in [1.807, 2.05) is 12.2 Å². The Labute approximate surface area is 170 Å². The Morgan fingerprint density at radius 3 is 2.34 bits per heavy atom. The number of hydrogen-bond donors (Lipinski definition) is 2. The standard InChI is InChI=1S/C19H27N3O6S/c1-12(2)16(17(23)21-19(20)25)28-18(24)15-6-4-5-11-22(15)29(26,27)14-9-7-13(3)8-10-14/h7-10,12,15-16H,4-6,11H2,1-3H3,(H3,20,21,23,25)/t15-,16+/m1/s1. The lowest BCUT2D eigenvalue weighted by Gasteiger charge is -2.34. The molecule has 10 heteroatoms. The smallest absolute Gasteiger partial charge is 0.325 e. The number of nitrogens with zero attached hydrogens (tertiary/aromatic N) is 1. The normalized spacial score (nSPS) is 18.8. The number of nitrogens with two attached hydrogens (primary N) is 1. The lowest BCUT2D eigenvalue weighted by Crippen LogP contribution is -2.51. The first-order valence-corrected chi connectivity index (χ1v) is 10.9. The number of urea groups is 1. The molecule has 0 saturated carbocycles. The van der Waals surface area contributed by atoms with Gasteiger partial charge in [-0.25, -0.2) is 13.2 Å². The van der Waals surface area contributed by atoms with Gasteiger partial charge in [-0.3, -0.25) is 14.9 Å². The molecule has 1 fully saturated rings. The van der Waals surface area contributed by atoms with Gasteiger partial charge in [0.15, 0.2) is 6.10 Å². The number of hydrogen-bond acceptors (Lipinski definition) is 6. The fraction of sp³-hybridized carbons (Fsp3) is 0.526. The highest BCUT2D eigenvalue weighted by Crippen LogP contribution is 2.27. The topological polar surface area (TPSA) is 136 Å². The van der Waals surface area contributed by atoms with Crippen LogP contribution in [-0.4, -0.2) is 49.3 Å². The molecule has 0 unspecified atom stereocenters. The van der Waals surface area contributed by atoms with Crippen molar-refractivity contribution in [1.82, 2.24) is 9.62 Å². The van der Waals surface area contributed by atoms with Gasteiger partial charge in [0.05, 0.1) is 4.90 Å². The van der Waals surface area contributed by atoms with Gasteiger partial charge < -0.3 is 10.5 Å². The highest BCUT2D eigenvalue weighted by molar-refractivity contribution is 7.89. The molecule has 1 heterocycles. The molecule has 1 aliphatic heterocycles. The molecule has 3 N–H and O–H groups in total. The lowest BCUT2D eigenvalue weighted by molar-refractivity contribution is -0.162. The Morgan fingerprint density at radius 1 is 1.17 bits per heavy atom. The summed E-state index contributed by atoms with van der Waals surface area (Å²) in [6.07, 6.45) is 0.289. The molecule has 1 aromatic carbocycles. The van der Waals surface area contributed by atoms with E-state index in [1.165, 1.54) is 12.1 Å². The average Bonchev–Trinajstić information content (AvgIpc) is 2.65. The molecular formula is C19H27N3O6S. The largest absolute Gasteiger partial charge is 0.451 e. The minimum absolute atomic E-state index is 0.0923. The first kappa shape index (κ1) is 22.8. The molecule has 1 aliphatic rings. The van der Waals surface area contributed by atoms with Crippen LogP contribution in [-0.2, 0) is 24.3 Å². The van der Waals surface area contributed by atoms with E-state index >= 15 is 0 Å². The van der Waals surface area contributed by atoms with Crippen LogP contribution in [0.1, 0.15) is 38.7 Å². The second-order valence-corrected chi connectivity index (χ2v) is 9.29. The third-order valence-electron chi connectivity index (χ3n) is 4.71. The number of benzene rings is 1. The minimum Gasteiger partial charge on any atom is -0.451 e. The number of primary amides is 1. The van der Waals surface area contributed by atoms with E-state index < -0.39 is 46.0 Å². The molecule has 2 atom stereocenters. The minimum atomic E-state index is -3.91. The molecule has 0 aliphatic carbocycles. The number of nitrogens with one attached hydrogen (secondary N) is 1. The van der Waals surface area contributed by atoms with Crippen molar-refractivity contribution in [2.45, 2.75) is 57.1 Å². The summed E-state index contributed by atoms with van der Waals surface area (Å²) in [4.78, 5) is 36.0. The summed E-state index contributed by atoms with van der Waals surface area (Å²) in [6, 6.07) is 4.27. The molecule has 3 amide bonds. The summed E-state index contributed by atoms with van der Waals surface area (Å²) in [5, 5.41) is 1.90. The van der Waals surface area contributed by atoms with Gasteiger partial charge in [-0.1, -0.05) is 31.5 Å². The number of esters is 1. The van der Waals surface area contributed by atoms with Gasteiger partial charge in [0.25, 0.3) is 5.91 Å². The molecule has 0 aromatic heterocycles. The summed E-state index contributed by atoms with van der Waals surface area (Å²) >= 11 is 0. The van der Waals surface area contributed by atoms with E-state index in [0.29, 0.717) is 12.8 Å². The van der Waals surface area contributed by atoms with Crippen LogP contribution in [0.2, 0.25) is 0 Å². The zero-order chi connectivity index (χ0) is 21.8. The third kappa shape index (κ3) is 5.54. The van der Waals surface area contributed by atoms with Crippen LogP contribution in [0, 0.1) is 12.8 Å². The van der Waals surface area contributed by atoms with Crippen LogP contribution in [0.3, 0.4) is 0 Å². The van der Waals surface area contributed by atoms with Crippen molar-refractivity contribution in [1.29, 1.82) is 0 Å². The van der Waals surface area contributed by atoms with Gasteiger partial charge in [-0.05, 0) is 44.2 Å². The molecule has 9 nitrogen and oxygen atoms in total. The molecular weight excluding hydrogens is 398 g/mol. The molecule has 29 heavy (non-hydrogen) atoms. The maximum atomic E-state index is 13.1. The highest BCUT2D eigenvalue weighted by atomic mass is 32.2. The van der Waals surface area contributed by atoms with Crippen molar-refractivity contribution in [3.05, 3.63) is 29.8 Å². The number of rotatable bonds is 6. The van der Waals surface area contributed by atoms with Crippen LogP contribution in [0.5, 0.6) is 0 Å². The second kappa shape index (κ2) is 9.36. The fourth-order valence-corrected chi connectivity index (χ4v) is 4.81. The molecule has 0 radical (unpaired) electrons. The molecule has 160 valence electrons. The van der Waals surface area contributed by atoms with E-state index in [1.54, 1.807) is 26.0 Å². The van der Waals surface area contributed by atoms with Gasteiger partial charge >= 0.3 is 12.0 Å². The molecule has 0 bridgehead atoms. The monoisotopic (exact) mass is 425 g/mol. The van der Waals surface area contributed by atoms with Gasteiger partial charge in [0.1, 0.15) is 6.04 Å². The fourth-order valence-electron chi connectivity index (χ4n) is 3.16. The predicted octanol–water partition coefficient (Wildman–Crippen LogP) is 1.30. The van der Waals surface area contributed by atoms with Crippen molar-refractivity contribution in [2.75, 3.05) is 6.54 Å². The van der Waals surface area contributed by atoms with Crippen molar-refractivity contribution in [3.63, 3.8) is 0 Å². The van der Waals surface area contributed by atoms with Gasteiger partial charge in [0.2, 0.25) is 10.0 Å². The van der Waals surface area contributed by atoms with E-state index in [2.05, 4.69) is 0 Å².